The van der Waals surface area contributed by atoms with Gasteiger partial charge in [-0.05, 0) is 43.7 Å². The molecular formula is C22H30N2O6. The number of hydrogen-bond donors (Lipinski definition) is 1. The molecule has 3 rings (SSSR count). The van der Waals surface area contributed by atoms with Crippen LogP contribution < -0.4 is 14.8 Å². The van der Waals surface area contributed by atoms with Gasteiger partial charge in [0, 0.05) is 24.2 Å². The van der Waals surface area contributed by atoms with E-state index in [9.17, 15) is 14.4 Å². The van der Waals surface area contributed by atoms with Crippen LogP contribution in [0.2, 0.25) is 0 Å². The molecule has 1 aromatic carbocycles. The summed E-state index contributed by atoms with van der Waals surface area (Å²) in [5, 5.41) is 2.50. The van der Waals surface area contributed by atoms with Crippen molar-refractivity contribution in [3.05, 3.63) is 23.8 Å². The summed E-state index contributed by atoms with van der Waals surface area (Å²) in [5.41, 5.74) is 0.298. The molecule has 0 radical (unpaired) electrons. The minimum atomic E-state index is -0.649. The standard InChI is InChI=1S/C22H30N2O6/c1-28-17-10-16(11-18(12-17)29-2)22(27)23-13-21(26)30-14-20(25)24-9-5-7-15-6-3-4-8-19(15)24/h10-12,15,19H,3-9,13-14H2,1-2H3,(H,23,27)/t15-,19+/m1/s1. The molecule has 0 bridgehead atoms. The fraction of sp³-hybridized carbons (Fsp3) is 0.591. The molecule has 2 fully saturated rings. The lowest BCUT2D eigenvalue weighted by Crippen LogP contribution is -2.51. The largest absolute Gasteiger partial charge is 0.497 e. The van der Waals surface area contributed by atoms with E-state index < -0.39 is 11.9 Å². The molecule has 1 aromatic rings. The summed E-state index contributed by atoms with van der Waals surface area (Å²) >= 11 is 0. The first-order chi connectivity index (χ1) is 14.5. The zero-order valence-electron chi connectivity index (χ0n) is 17.6. The Labute approximate surface area is 176 Å². The highest BCUT2D eigenvalue weighted by Crippen LogP contribution is 2.35. The lowest BCUT2D eigenvalue weighted by molar-refractivity contribution is -0.154. The molecule has 164 valence electrons. The van der Waals surface area contributed by atoms with Crippen LogP contribution in [0.1, 0.15) is 48.9 Å². The average Bonchev–Trinajstić information content (AvgIpc) is 2.80. The number of hydrogen-bond acceptors (Lipinski definition) is 6. The van der Waals surface area contributed by atoms with Gasteiger partial charge in [0.1, 0.15) is 18.0 Å². The maximum atomic E-state index is 12.6. The number of benzene rings is 1. The van der Waals surface area contributed by atoms with Crippen LogP contribution in [0, 0.1) is 5.92 Å². The fourth-order valence-corrected chi connectivity index (χ4v) is 4.40. The SMILES string of the molecule is COc1cc(OC)cc(C(=O)NCC(=O)OCC(=O)N2CCC[C@H]3CCCC[C@@H]32)c1. The molecule has 0 aromatic heterocycles. The molecule has 1 aliphatic heterocycles. The van der Waals surface area contributed by atoms with Crippen molar-refractivity contribution in [2.75, 3.05) is 33.9 Å². The molecule has 1 saturated heterocycles. The minimum absolute atomic E-state index is 0.149. The number of likely N-dealkylation sites (tertiary alicyclic amines) is 1. The van der Waals surface area contributed by atoms with Crippen molar-refractivity contribution in [2.24, 2.45) is 5.92 Å². The number of piperidine rings is 1. The van der Waals surface area contributed by atoms with Crippen molar-refractivity contribution in [3.8, 4) is 11.5 Å². The van der Waals surface area contributed by atoms with Gasteiger partial charge in [0.15, 0.2) is 6.61 Å². The van der Waals surface area contributed by atoms with Gasteiger partial charge in [-0.15, -0.1) is 0 Å². The van der Waals surface area contributed by atoms with Crippen molar-refractivity contribution in [2.45, 2.75) is 44.6 Å². The lowest BCUT2D eigenvalue weighted by Gasteiger charge is -2.44. The molecule has 1 heterocycles. The van der Waals surface area contributed by atoms with Gasteiger partial charge in [0.2, 0.25) is 0 Å². The number of esters is 1. The number of amides is 2. The van der Waals surface area contributed by atoms with E-state index in [4.69, 9.17) is 14.2 Å². The van der Waals surface area contributed by atoms with E-state index in [1.54, 1.807) is 18.2 Å². The molecule has 1 aliphatic carbocycles. The maximum Gasteiger partial charge on any atom is 0.325 e. The summed E-state index contributed by atoms with van der Waals surface area (Å²) < 4.78 is 15.4. The van der Waals surface area contributed by atoms with Crippen LogP contribution in [-0.2, 0) is 14.3 Å². The quantitative estimate of drug-likeness (QED) is 0.682. The van der Waals surface area contributed by atoms with E-state index >= 15 is 0 Å². The molecule has 8 heteroatoms. The van der Waals surface area contributed by atoms with Crippen LogP contribution in [0.15, 0.2) is 18.2 Å². The van der Waals surface area contributed by atoms with Gasteiger partial charge in [0.25, 0.3) is 11.8 Å². The Morgan fingerprint density at radius 1 is 1.00 bits per heavy atom. The third-order valence-corrected chi connectivity index (χ3v) is 5.93. The molecule has 1 saturated carbocycles. The summed E-state index contributed by atoms with van der Waals surface area (Å²) in [6, 6.07) is 5.02. The Hall–Kier alpha value is -2.77. The average molecular weight is 418 g/mol. The van der Waals surface area contributed by atoms with Crippen molar-refractivity contribution in [1.82, 2.24) is 10.2 Å². The molecule has 2 aliphatic rings. The summed E-state index contributed by atoms with van der Waals surface area (Å²) in [4.78, 5) is 38.8. The number of methoxy groups -OCH3 is 2. The van der Waals surface area contributed by atoms with Crippen molar-refractivity contribution in [1.29, 1.82) is 0 Å². The molecular weight excluding hydrogens is 388 g/mol. The second kappa shape index (κ2) is 10.3. The van der Waals surface area contributed by atoms with E-state index in [1.807, 2.05) is 4.90 Å². The highest BCUT2D eigenvalue weighted by atomic mass is 16.5. The van der Waals surface area contributed by atoms with Gasteiger partial charge in [-0.2, -0.15) is 0 Å². The number of carbonyl (C=O) groups excluding carboxylic acids is 3. The van der Waals surface area contributed by atoms with E-state index in [2.05, 4.69) is 5.32 Å². The van der Waals surface area contributed by atoms with Gasteiger partial charge in [0.05, 0.1) is 14.2 Å². The normalized spacial score (nSPS) is 20.7. The predicted octanol–water partition coefficient (Wildman–Crippen LogP) is 2.16. The van der Waals surface area contributed by atoms with Crippen molar-refractivity contribution >= 4 is 17.8 Å². The predicted molar refractivity (Wildman–Crippen MR) is 110 cm³/mol. The first kappa shape index (κ1) is 21.9. The van der Waals surface area contributed by atoms with Crippen LogP contribution in [0.25, 0.3) is 0 Å². The van der Waals surface area contributed by atoms with Gasteiger partial charge >= 0.3 is 5.97 Å². The molecule has 2 atom stereocenters. The topological polar surface area (TPSA) is 94.2 Å². The van der Waals surface area contributed by atoms with Crippen molar-refractivity contribution < 1.29 is 28.6 Å². The lowest BCUT2D eigenvalue weighted by atomic mass is 9.78. The van der Waals surface area contributed by atoms with Crippen LogP contribution in [0.4, 0.5) is 0 Å². The monoisotopic (exact) mass is 418 g/mol. The second-order valence-corrected chi connectivity index (χ2v) is 7.79. The van der Waals surface area contributed by atoms with Crippen molar-refractivity contribution in [3.63, 3.8) is 0 Å². The molecule has 1 N–H and O–H groups in total. The van der Waals surface area contributed by atoms with Crippen LogP contribution in [-0.4, -0.2) is 62.6 Å². The molecule has 0 spiro atoms. The van der Waals surface area contributed by atoms with E-state index in [0.29, 0.717) is 23.0 Å². The Morgan fingerprint density at radius 3 is 2.37 bits per heavy atom. The number of carbonyl (C=O) groups is 3. The van der Waals surface area contributed by atoms with Gasteiger partial charge in [-0.3, -0.25) is 14.4 Å². The summed E-state index contributed by atoms with van der Waals surface area (Å²) in [6.45, 7) is 0.120. The van der Waals surface area contributed by atoms with Crippen LogP contribution in [0.5, 0.6) is 11.5 Å². The van der Waals surface area contributed by atoms with Gasteiger partial charge in [-0.25, -0.2) is 0 Å². The number of rotatable bonds is 7. The van der Waals surface area contributed by atoms with E-state index in [0.717, 1.165) is 25.8 Å². The number of nitrogens with one attached hydrogen (secondary N) is 1. The first-order valence-electron chi connectivity index (χ1n) is 10.5. The highest BCUT2D eigenvalue weighted by Gasteiger charge is 2.35. The van der Waals surface area contributed by atoms with Gasteiger partial charge < -0.3 is 24.4 Å². The summed E-state index contributed by atoms with van der Waals surface area (Å²) in [6.07, 6.45) is 6.76. The Bertz CT molecular complexity index is 757. The number of nitrogens with zero attached hydrogens (tertiary/aromatic N) is 1. The zero-order valence-corrected chi connectivity index (χ0v) is 17.6. The Morgan fingerprint density at radius 2 is 1.67 bits per heavy atom. The highest BCUT2D eigenvalue weighted by molar-refractivity contribution is 5.96. The fourth-order valence-electron chi connectivity index (χ4n) is 4.40. The molecule has 8 nitrogen and oxygen atoms in total. The molecule has 30 heavy (non-hydrogen) atoms. The van der Waals surface area contributed by atoms with E-state index in [1.165, 1.54) is 33.5 Å². The van der Waals surface area contributed by atoms with Crippen LogP contribution in [0.3, 0.4) is 0 Å². The van der Waals surface area contributed by atoms with Crippen LogP contribution >= 0.6 is 0 Å². The third kappa shape index (κ3) is 5.43. The van der Waals surface area contributed by atoms with E-state index in [-0.39, 0.29) is 25.1 Å². The maximum absolute atomic E-state index is 12.6. The Kier molecular flexibility index (Phi) is 7.54. The Balaban J connectivity index is 1.46. The van der Waals surface area contributed by atoms with Gasteiger partial charge in [-0.1, -0.05) is 12.8 Å². The third-order valence-electron chi connectivity index (χ3n) is 5.93. The summed E-state index contributed by atoms with van der Waals surface area (Å²) in [5.74, 6) is 0.251. The number of ether oxygens (including phenoxy) is 3. The zero-order chi connectivity index (χ0) is 21.5. The number of fused-ring (bicyclic) bond motifs is 1. The molecule has 0 unspecified atom stereocenters. The summed E-state index contributed by atoms with van der Waals surface area (Å²) in [7, 11) is 2.98. The first-order valence-corrected chi connectivity index (χ1v) is 10.5. The second-order valence-electron chi connectivity index (χ2n) is 7.79. The molecule has 2 amide bonds. The smallest absolute Gasteiger partial charge is 0.325 e. The minimum Gasteiger partial charge on any atom is -0.497 e.